The first-order valence-electron chi connectivity index (χ1n) is 4.07. The lowest BCUT2D eigenvalue weighted by molar-refractivity contribution is 0.351. The normalized spacial score (nSPS) is 13.0. The van der Waals surface area contributed by atoms with E-state index in [2.05, 4.69) is 0 Å². The quantitative estimate of drug-likeness (QED) is 0.718. The van der Waals surface area contributed by atoms with Crippen molar-refractivity contribution in [1.82, 2.24) is 0 Å². The average molecular weight is 167 g/mol. The van der Waals surface area contributed by atoms with Crippen LogP contribution in [0.5, 0.6) is 0 Å². The molecule has 0 aliphatic heterocycles. The van der Waals surface area contributed by atoms with Crippen LogP contribution < -0.4 is 5.73 Å². The van der Waals surface area contributed by atoms with Gasteiger partial charge >= 0.3 is 0 Å². The van der Waals surface area contributed by atoms with Gasteiger partial charge in [-0.15, -0.1) is 0 Å². The van der Waals surface area contributed by atoms with Gasteiger partial charge in [0.1, 0.15) is 6.17 Å². The van der Waals surface area contributed by atoms with E-state index in [1.165, 1.54) is 0 Å². The Morgan fingerprint density at radius 3 is 2.67 bits per heavy atom. The molecule has 0 spiro atoms. The molecule has 0 heterocycles. The van der Waals surface area contributed by atoms with E-state index in [0.29, 0.717) is 0 Å². The Kier molecular flexibility index (Phi) is 2.82. The summed E-state index contributed by atoms with van der Waals surface area (Å²) in [4.78, 5) is 0. The summed E-state index contributed by atoms with van der Waals surface area (Å²) in [6.45, 7) is 3.96. The van der Waals surface area contributed by atoms with E-state index in [1.807, 2.05) is 26.0 Å². The first kappa shape index (κ1) is 9.20. The lowest BCUT2D eigenvalue weighted by Crippen LogP contribution is -2.09. The molecule has 0 aliphatic carbocycles. The van der Waals surface area contributed by atoms with Gasteiger partial charge in [0, 0.05) is 6.54 Å². The number of hydrogen-bond acceptors (Lipinski definition) is 1. The van der Waals surface area contributed by atoms with Crippen LogP contribution in [0, 0.1) is 13.8 Å². The molecule has 1 rings (SSSR count). The van der Waals surface area contributed by atoms with Crippen molar-refractivity contribution >= 4 is 0 Å². The molecule has 1 atom stereocenters. The van der Waals surface area contributed by atoms with Crippen molar-refractivity contribution in [3.05, 3.63) is 34.9 Å². The molecule has 1 aromatic rings. The zero-order chi connectivity index (χ0) is 9.14. The maximum atomic E-state index is 13.2. The summed E-state index contributed by atoms with van der Waals surface area (Å²) in [6.07, 6.45) is -1.02. The van der Waals surface area contributed by atoms with Crippen molar-refractivity contribution in [3.63, 3.8) is 0 Å². The monoisotopic (exact) mass is 167 g/mol. The van der Waals surface area contributed by atoms with Crippen LogP contribution in [0.15, 0.2) is 18.2 Å². The number of rotatable bonds is 2. The molecule has 0 aromatic heterocycles. The second-order valence-corrected chi connectivity index (χ2v) is 2.99. The number of hydrogen-bond donors (Lipinski definition) is 1. The van der Waals surface area contributed by atoms with E-state index < -0.39 is 6.17 Å². The van der Waals surface area contributed by atoms with Crippen LogP contribution >= 0.6 is 0 Å². The molecule has 0 bridgehead atoms. The molecule has 0 fully saturated rings. The van der Waals surface area contributed by atoms with Crippen molar-refractivity contribution in [2.75, 3.05) is 6.54 Å². The van der Waals surface area contributed by atoms with E-state index >= 15 is 0 Å². The van der Waals surface area contributed by atoms with Crippen LogP contribution in [-0.2, 0) is 0 Å². The second-order valence-electron chi connectivity index (χ2n) is 2.99. The van der Waals surface area contributed by atoms with Crippen molar-refractivity contribution in [3.8, 4) is 0 Å². The van der Waals surface area contributed by atoms with E-state index in [1.54, 1.807) is 6.07 Å². The molecule has 0 saturated carbocycles. The summed E-state index contributed by atoms with van der Waals surface area (Å²) in [5, 5.41) is 0. The summed E-state index contributed by atoms with van der Waals surface area (Å²) < 4.78 is 13.2. The first-order valence-corrected chi connectivity index (χ1v) is 4.07. The van der Waals surface area contributed by atoms with Gasteiger partial charge in [-0.2, -0.15) is 0 Å². The Balaban J connectivity index is 3.07. The molecule has 1 nitrogen and oxygen atoms in total. The largest absolute Gasteiger partial charge is 0.327 e. The van der Waals surface area contributed by atoms with Gasteiger partial charge in [0.2, 0.25) is 0 Å². The third kappa shape index (κ3) is 1.64. The summed E-state index contributed by atoms with van der Waals surface area (Å²) >= 11 is 0. The number of nitrogens with two attached hydrogens (primary N) is 1. The van der Waals surface area contributed by atoms with E-state index in [9.17, 15) is 4.39 Å². The molecule has 2 N–H and O–H groups in total. The smallest absolute Gasteiger partial charge is 0.138 e. The van der Waals surface area contributed by atoms with Crippen LogP contribution in [0.2, 0.25) is 0 Å². The van der Waals surface area contributed by atoms with Gasteiger partial charge in [0.05, 0.1) is 0 Å². The Labute approximate surface area is 72.4 Å². The minimum atomic E-state index is -1.02. The van der Waals surface area contributed by atoms with E-state index in [-0.39, 0.29) is 6.54 Å². The van der Waals surface area contributed by atoms with Crippen LogP contribution in [0.4, 0.5) is 4.39 Å². The fraction of sp³-hybridized carbons (Fsp3) is 0.400. The van der Waals surface area contributed by atoms with Gasteiger partial charge in [0.25, 0.3) is 0 Å². The number of benzene rings is 1. The number of aryl methyl sites for hydroxylation is 1. The Morgan fingerprint density at radius 2 is 2.08 bits per heavy atom. The molecule has 66 valence electrons. The Bertz CT molecular complexity index is 271. The molecular formula is C10H14FN. The highest BCUT2D eigenvalue weighted by atomic mass is 19.1. The van der Waals surface area contributed by atoms with Crippen molar-refractivity contribution in [2.45, 2.75) is 20.0 Å². The standard InChI is InChI=1S/C10H14FN/c1-7-4-3-5-9(8(7)2)10(11)6-12/h3-5,10H,6,12H2,1-2H3. The number of alkyl halides is 1. The van der Waals surface area contributed by atoms with Gasteiger partial charge in [-0.3, -0.25) is 0 Å². The molecular weight excluding hydrogens is 153 g/mol. The molecule has 0 amide bonds. The molecule has 1 unspecified atom stereocenters. The van der Waals surface area contributed by atoms with E-state index in [0.717, 1.165) is 16.7 Å². The van der Waals surface area contributed by atoms with Crippen LogP contribution in [0.3, 0.4) is 0 Å². The molecule has 0 saturated heterocycles. The summed E-state index contributed by atoms with van der Waals surface area (Å²) in [5.41, 5.74) is 8.09. The molecule has 1 aromatic carbocycles. The lowest BCUT2D eigenvalue weighted by Gasteiger charge is -2.10. The lowest BCUT2D eigenvalue weighted by atomic mass is 10.0. The maximum absolute atomic E-state index is 13.2. The van der Waals surface area contributed by atoms with Gasteiger partial charge < -0.3 is 5.73 Å². The maximum Gasteiger partial charge on any atom is 0.138 e. The topological polar surface area (TPSA) is 26.0 Å². The molecule has 2 heteroatoms. The van der Waals surface area contributed by atoms with Crippen LogP contribution in [0.25, 0.3) is 0 Å². The van der Waals surface area contributed by atoms with Crippen molar-refractivity contribution in [1.29, 1.82) is 0 Å². The summed E-state index contributed by atoms with van der Waals surface area (Å²) in [5.74, 6) is 0. The average Bonchev–Trinajstić information content (AvgIpc) is 2.08. The van der Waals surface area contributed by atoms with E-state index in [4.69, 9.17) is 5.73 Å². The molecule has 0 aliphatic rings. The van der Waals surface area contributed by atoms with Gasteiger partial charge in [-0.25, -0.2) is 4.39 Å². The molecule has 12 heavy (non-hydrogen) atoms. The fourth-order valence-corrected chi connectivity index (χ4v) is 1.24. The van der Waals surface area contributed by atoms with Crippen molar-refractivity contribution < 1.29 is 4.39 Å². The highest BCUT2D eigenvalue weighted by Gasteiger charge is 2.10. The number of halogens is 1. The minimum absolute atomic E-state index is 0.0598. The first-order chi connectivity index (χ1) is 5.66. The fourth-order valence-electron chi connectivity index (χ4n) is 1.24. The van der Waals surface area contributed by atoms with Crippen molar-refractivity contribution in [2.24, 2.45) is 5.73 Å². The van der Waals surface area contributed by atoms with Crippen LogP contribution in [0.1, 0.15) is 22.9 Å². The zero-order valence-corrected chi connectivity index (χ0v) is 7.47. The second kappa shape index (κ2) is 3.68. The highest BCUT2D eigenvalue weighted by Crippen LogP contribution is 2.22. The van der Waals surface area contributed by atoms with Crippen LogP contribution in [-0.4, -0.2) is 6.54 Å². The Morgan fingerprint density at radius 1 is 1.42 bits per heavy atom. The Hall–Kier alpha value is -0.890. The van der Waals surface area contributed by atoms with Gasteiger partial charge in [-0.05, 0) is 30.5 Å². The highest BCUT2D eigenvalue weighted by molar-refractivity contribution is 5.34. The summed E-state index contributed by atoms with van der Waals surface area (Å²) in [6, 6.07) is 5.63. The van der Waals surface area contributed by atoms with Gasteiger partial charge in [0.15, 0.2) is 0 Å². The molecule has 0 radical (unpaired) electrons. The minimum Gasteiger partial charge on any atom is -0.327 e. The predicted octanol–water partition coefficient (Wildman–Crippen LogP) is 2.27. The SMILES string of the molecule is Cc1cccc(C(F)CN)c1C. The predicted molar refractivity (Wildman–Crippen MR) is 48.8 cm³/mol. The zero-order valence-electron chi connectivity index (χ0n) is 7.47. The summed E-state index contributed by atoms with van der Waals surface area (Å²) in [7, 11) is 0. The van der Waals surface area contributed by atoms with Gasteiger partial charge in [-0.1, -0.05) is 18.2 Å². The third-order valence-corrected chi connectivity index (χ3v) is 2.19. The third-order valence-electron chi connectivity index (χ3n) is 2.19.